The number of rotatable bonds is 3. The van der Waals surface area contributed by atoms with Crippen molar-refractivity contribution in [3.63, 3.8) is 0 Å². The summed E-state index contributed by atoms with van der Waals surface area (Å²) in [6.07, 6.45) is -1.53. The Morgan fingerprint density at radius 1 is 1.20 bits per heavy atom. The number of thiophene rings is 1. The molecule has 6 heteroatoms. The molecular weight excluding hydrogens is 287 g/mol. The summed E-state index contributed by atoms with van der Waals surface area (Å²) in [5.74, 6) is -0.474. The van der Waals surface area contributed by atoms with Crippen LogP contribution in [-0.4, -0.2) is 5.91 Å². The summed E-state index contributed by atoms with van der Waals surface area (Å²) < 4.78 is 37.5. The molecule has 0 aliphatic carbocycles. The lowest BCUT2D eigenvalue weighted by atomic mass is 10.2. The average molecular weight is 297 g/mol. The summed E-state index contributed by atoms with van der Waals surface area (Å²) in [6.45, 7) is 0. The third-order valence-electron chi connectivity index (χ3n) is 2.40. The van der Waals surface area contributed by atoms with E-state index in [-0.39, 0.29) is 5.69 Å². The second-order valence-electron chi connectivity index (χ2n) is 3.92. The van der Waals surface area contributed by atoms with E-state index in [4.69, 9.17) is 0 Å². The van der Waals surface area contributed by atoms with Crippen LogP contribution in [0.3, 0.4) is 0 Å². The third kappa shape index (κ3) is 3.96. The van der Waals surface area contributed by atoms with E-state index in [1.807, 2.05) is 17.5 Å². The first kappa shape index (κ1) is 14.3. The maximum absolute atomic E-state index is 12.5. The number of hydrogen-bond acceptors (Lipinski definition) is 2. The van der Waals surface area contributed by atoms with Crippen LogP contribution in [0.5, 0.6) is 0 Å². The summed E-state index contributed by atoms with van der Waals surface area (Å²) in [7, 11) is 0. The summed E-state index contributed by atoms with van der Waals surface area (Å²) in [5, 5.41) is 4.26. The topological polar surface area (TPSA) is 29.1 Å². The molecule has 2 aromatic rings. The quantitative estimate of drug-likeness (QED) is 0.835. The van der Waals surface area contributed by atoms with Gasteiger partial charge in [-0.05, 0) is 35.7 Å². The highest BCUT2D eigenvalue weighted by Gasteiger charge is 2.30. The van der Waals surface area contributed by atoms with E-state index in [0.717, 1.165) is 17.0 Å². The summed E-state index contributed by atoms with van der Waals surface area (Å²) in [4.78, 5) is 12.5. The SMILES string of the molecule is O=C(C=Cc1cccs1)Nc1cccc(C(F)(F)F)c1. The number of anilines is 1. The predicted octanol–water partition coefficient (Wildman–Crippen LogP) is 4.42. The molecule has 0 atom stereocenters. The van der Waals surface area contributed by atoms with Crippen molar-refractivity contribution in [2.45, 2.75) is 6.18 Å². The van der Waals surface area contributed by atoms with E-state index >= 15 is 0 Å². The molecule has 2 rings (SSSR count). The molecule has 1 N–H and O–H groups in total. The smallest absolute Gasteiger partial charge is 0.322 e. The molecule has 20 heavy (non-hydrogen) atoms. The summed E-state index contributed by atoms with van der Waals surface area (Å²) >= 11 is 1.46. The van der Waals surface area contributed by atoms with Gasteiger partial charge in [-0.1, -0.05) is 12.1 Å². The number of hydrogen-bond donors (Lipinski definition) is 1. The monoisotopic (exact) mass is 297 g/mol. The van der Waals surface area contributed by atoms with Gasteiger partial charge in [0.1, 0.15) is 0 Å². The number of amides is 1. The van der Waals surface area contributed by atoms with Gasteiger partial charge < -0.3 is 5.32 Å². The van der Waals surface area contributed by atoms with Crippen LogP contribution in [0.2, 0.25) is 0 Å². The molecule has 1 amide bonds. The van der Waals surface area contributed by atoms with Crippen LogP contribution in [-0.2, 0) is 11.0 Å². The van der Waals surface area contributed by atoms with Crippen LogP contribution in [0.4, 0.5) is 18.9 Å². The van der Waals surface area contributed by atoms with Gasteiger partial charge in [0.25, 0.3) is 0 Å². The highest BCUT2D eigenvalue weighted by molar-refractivity contribution is 7.10. The Morgan fingerprint density at radius 3 is 2.65 bits per heavy atom. The summed E-state index contributed by atoms with van der Waals surface area (Å²) in [5.41, 5.74) is -0.682. The molecule has 0 spiro atoms. The van der Waals surface area contributed by atoms with E-state index in [0.29, 0.717) is 0 Å². The largest absolute Gasteiger partial charge is 0.416 e. The van der Waals surface area contributed by atoms with Gasteiger partial charge in [-0.3, -0.25) is 4.79 Å². The Kier molecular flexibility index (Phi) is 4.24. The van der Waals surface area contributed by atoms with Gasteiger partial charge >= 0.3 is 6.18 Å². The van der Waals surface area contributed by atoms with E-state index in [2.05, 4.69) is 5.32 Å². The lowest BCUT2D eigenvalue weighted by molar-refractivity contribution is -0.137. The molecular formula is C14H10F3NOS. The van der Waals surface area contributed by atoms with Crippen molar-refractivity contribution in [3.05, 3.63) is 58.3 Å². The van der Waals surface area contributed by atoms with Crippen LogP contribution in [0.25, 0.3) is 6.08 Å². The van der Waals surface area contributed by atoms with Crippen molar-refractivity contribution in [1.82, 2.24) is 0 Å². The molecule has 0 saturated heterocycles. The molecule has 104 valence electrons. The second-order valence-corrected chi connectivity index (χ2v) is 4.90. The highest BCUT2D eigenvalue weighted by atomic mass is 32.1. The maximum Gasteiger partial charge on any atom is 0.416 e. The lowest BCUT2D eigenvalue weighted by Gasteiger charge is -2.08. The number of carbonyl (C=O) groups is 1. The number of alkyl halides is 3. The van der Waals surface area contributed by atoms with Crippen molar-refractivity contribution < 1.29 is 18.0 Å². The van der Waals surface area contributed by atoms with Crippen LogP contribution in [0, 0.1) is 0 Å². The Hall–Kier alpha value is -2.08. The van der Waals surface area contributed by atoms with Crippen LogP contribution in [0.1, 0.15) is 10.4 Å². The zero-order valence-corrected chi connectivity index (χ0v) is 11.0. The van der Waals surface area contributed by atoms with Crippen LogP contribution >= 0.6 is 11.3 Å². The fourth-order valence-corrected chi connectivity index (χ4v) is 2.12. The number of halogens is 3. The van der Waals surface area contributed by atoms with Crippen molar-refractivity contribution in [2.75, 3.05) is 5.32 Å². The minimum Gasteiger partial charge on any atom is -0.322 e. The number of carbonyl (C=O) groups excluding carboxylic acids is 1. The zero-order chi connectivity index (χ0) is 14.6. The fraction of sp³-hybridized carbons (Fsp3) is 0.0714. The van der Waals surface area contributed by atoms with E-state index in [1.165, 1.54) is 29.5 Å². The van der Waals surface area contributed by atoms with Gasteiger partial charge in [0.2, 0.25) is 5.91 Å². The van der Waals surface area contributed by atoms with E-state index in [9.17, 15) is 18.0 Å². The lowest BCUT2D eigenvalue weighted by Crippen LogP contribution is -2.10. The van der Waals surface area contributed by atoms with Crippen molar-refractivity contribution in [2.24, 2.45) is 0 Å². The van der Waals surface area contributed by atoms with E-state index < -0.39 is 17.6 Å². The first-order valence-corrected chi connectivity index (χ1v) is 6.53. The van der Waals surface area contributed by atoms with Crippen molar-refractivity contribution in [3.8, 4) is 0 Å². The van der Waals surface area contributed by atoms with E-state index in [1.54, 1.807) is 6.08 Å². The molecule has 0 bridgehead atoms. The van der Waals surface area contributed by atoms with Gasteiger partial charge in [-0.15, -0.1) is 11.3 Å². The highest BCUT2D eigenvalue weighted by Crippen LogP contribution is 2.30. The standard InChI is InChI=1S/C14H10F3NOS/c15-14(16,17)10-3-1-4-11(9-10)18-13(19)7-6-12-5-2-8-20-12/h1-9H,(H,18,19). The second kappa shape index (κ2) is 5.92. The maximum atomic E-state index is 12.5. The molecule has 2 nitrogen and oxygen atoms in total. The van der Waals surface area contributed by atoms with Gasteiger partial charge in [0, 0.05) is 16.6 Å². The van der Waals surface area contributed by atoms with Crippen LogP contribution in [0.15, 0.2) is 47.9 Å². The van der Waals surface area contributed by atoms with Crippen molar-refractivity contribution in [1.29, 1.82) is 0 Å². The molecule has 0 fully saturated rings. The molecule has 0 aliphatic heterocycles. The Morgan fingerprint density at radius 2 is 2.00 bits per heavy atom. The van der Waals surface area contributed by atoms with Gasteiger partial charge in [-0.25, -0.2) is 0 Å². The predicted molar refractivity (Wildman–Crippen MR) is 73.4 cm³/mol. The number of nitrogens with one attached hydrogen (secondary N) is 1. The minimum atomic E-state index is -4.42. The summed E-state index contributed by atoms with van der Waals surface area (Å²) in [6, 6.07) is 8.19. The van der Waals surface area contributed by atoms with Crippen molar-refractivity contribution >= 4 is 29.0 Å². The molecule has 1 aromatic heterocycles. The molecule has 0 unspecified atom stereocenters. The van der Waals surface area contributed by atoms with Gasteiger partial charge in [-0.2, -0.15) is 13.2 Å². The molecule has 0 radical (unpaired) electrons. The van der Waals surface area contributed by atoms with Crippen LogP contribution < -0.4 is 5.32 Å². The Balaban J connectivity index is 2.05. The third-order valence-corrected chi connectivity index (χ3v) is 3.24. The first-order chi connectivity index (χ1) is 9.45. The molecule has 1 aromatic carbocycles. The number of benzene rings is 1. The fourth-order valence-electron chi connectivity index (χ4n) is 1.50. The molecule has 1 heterocycles. The van der Waals surface area contributed by atoms with Gasteiger partial charge in [0.15, 0.2) is 0 Å². The van der Waals surface area contributed by atoms with Gasteiger partial charge in [0.05, 0.1) is 5.56 Å². The normalized spacial score (nSPS) is 11.8. The molecule has 0 saturated carbocycles. The minimum absolute atomic E-state index is 0.112. The Bertz CT molecular complexity index is 618. The first-order valence-electron chi connectivity index (χ1n) is 5.65. The average Bonchev–Trinajstić information content (AvgIpc) is 2.89. The molecule has 0 aliphatic rings. The zero-order valence-electron chi connectivity index (χ0n) is 10.1. The Labute approximate surface area is 117 Å².